The second-order valence-electron chi connectivity index (χ2n) is 10.2. The molecule has 8 rings (SSSR count). The van der Waals surface area contributed by atoms with Crippen LogP contribution in [0.15, 0.2) is 138 Å². The standard InChI is InChI=1S/C37H22ClN3O/c38-25-13-6-12-24(22-25)35-39-36(29-18-8-16-27-26(15-7-17-28(27)29)23-10-2-1-3-11-23)41-37(40-35)31-19-9-21-33-34(31)30-14-4-5-20-32(30)42-33/h1-22H. The van der Waals surface area contributed by atoms with E-state index in [1.54, 1.807) is 0 Å². The van der Waals surface area contributed by atoms with Crippen LogP contribution in [-0.2, 0) is 0 Å². The SMILES string of the molecule is Clc1cccc(-c2nc(-c3cccc4c(-c5ccccc5)cccc34)nc(-c3cccc4oc5ccccc5c34)n2)c1. The van der Waals surface area contributed by atoms with Gasteiger partial charge in [-0.25, -0.2) is 15.0 Å². The van der Waals surface area contributed by atoms with Crippen LogP contribution in [0.5, 0.6) is 0 Å². The van der Waals surface area contributed by atoms with Crippen LogP contribution in [0.25, 0.3) is 78.0 Å². The number of furan rings is 1. The van der Waals surface area contributed by atoms with Crippen LogP contribution in [0.2, 0.25) is 5.02 Å². The maximum atomic E-state index is 6.41. The molecule has 0 fully saturated rings. The van der Waals surface area contributed by atoms with E-state index in [2.05, 4.69) is 66.7 Å². The summed E-state index contributed by atoms with van der Waals surface area (Å²) in [5.41, 5.74) is 6.57. The molecule has 0 atom stereocenters. The van der Waals surface area contributed by atoms with Gasteiger partial charge in [-0.05, 0) is 46.2 Å². The first-order chi connectivity index (χ1) is 20.7. The lowest BCUT2D eigenvalue weighted by atomic mass is 9.95. The highest BCUT2D eigenvalue weighted by atomic mass is 35.5. The molecule has 6 aromatic carbocycles. The Labute approximate surface area is 246 Å². The number of benzene rings is 6. The van der Waals surface area contributed by atoms with Gasteiger partial charge in [-0.3, -0.25) is 0 Å². The molecule has 0 aliphatic carbocycles. The second kappa shape index (κ2) is 9.95. The molecule has 0 unspecified atom stereocenters. The van der Waals surface area contributed by atoms with E-state index in [9.17, 15) is 0 Å². The minimum absolute atomic E-state index is 0.554. The van der Waals surface area contributed by atoms with Crippen molar-refractivity contribution in [1.82, 2.24) is 15.0 Å². The average molecular weight is 560 g/mol. The van der Waals surface area contributed by atoms with Crippen molar-refractivity contribution in [3.05, 3.63) is 138 Å². The minimum Gasteiger partial charge on any atom is -0.456 e. The quantitative estimate of drug-likeness (QED) is 0.215. The van der Waals surface area contributed by atoms with Crippen LogP contribution < -0.4 is 0 Å². The summed E-state index contributed by atoms with van der Waals surface area (Å²) in [6.07, 6.45) is 0. The molecule has 0 bridgehead atoms. The molecule has 198 valence electrons. The molecule has 42 heavy (non-hydrogen) atoms. The van der Waals surface area contributed by atoms with Gasteiger partial charge >= 0.3 is 0 Å². The fourth-order valence-corrected chi connectivity index (χ4v) is 5.90. The summed E-state index contributed by atoms with van der Waals surface area (Å²) in [4.78, 5) is 15.1. The summed E-state index contributed by atoms with van der Waals surface area (Å²) < 4.78 is 6.18. The maximum Gasteiger partial charge on any atom is 0.164 e. The zero-order chi connectivity index (χ0) is 28.0. The zero-order valence-electron chi connectivity index (χ0n) is 22.3. The van der Waals surface area contributed by atoms with Crippen molar-refractivity contribution in [2.75, 3.05) is 0 Å². The Hall–Kier alpha value is -5.32. The number of fused-ring (bicyclic) bond motifs is 4. The van der Waals surface area contributed by atoms with Crippen molar-refractivity contribution in [3.63, 3.8) is 0 Å². The smallest absolute Gasteiger partial charge is 0.164 e. The van der Waals surface area contributed by atoms with E-state index >= 15 is 0 Å². The minimum atomic E-state index is 0.554. The van der Waals surface area contributed by atoms with Gasteiger partial charge in [0.25, 0.3) is 0 Å². The summed E-state index contributed by atoms with van der Waals surface area (Å²) >= 11 is 6.41. The Bertz CT molecular complexity index is 2270. The Morgan fingerprint density at radius 3 is 1.83 bits per heavy atom. The fourth-order valence-electron chi connectivity index (χ4n) is 5.71. The van der Waals surface area contributed by atoms with Crippen LogP contribution >= 0.6 is 11.6 Å². The molecule has 0 spiro atoms. The molecule has 0 radical (unpaired) electrons. The first-order valence-electron chi connectivity index (χ1n) is 13.7. The molecule has 2 aromatic heterocycles. The lowest BCUT2D eigenvalue weighted by Gasteiger charge is -2.13. The van der Waals surface area contributed by atoms with Crippen molar-refractivity contribution in [2.24, 2.45) is 0 Å². The molecule has 0 N–H and O–H groups in total. The van der Waals surface area contributed by atoms with Gasteiger partial charge in [0.1, 0.15) is 11.2 Å². The van der Waals surface area contributed by atoms with Crippen LogP contribution in [-0.4, -0.2) is 15.0 Å². The van der Waals surface area contributed by atoms with Gasteiger partial charge < -0.3 is 4.42 Å². The Morgan fingerprint density at radius 1 is 0.429 bits per heavy atom. The summed E-state index contributed by atoms with van der Waals surface area (Å²) in [6.45, 7) is 0. The van der Waals surface area contributed by atoms with E-state index in [0.29, 0.717) is 22.5 Å². The number of hydrogen-bond acceptors (Lipinski definition) is 4. The van der Waals surface area contributed by atoms with Gasteiger partial charge in [-0.15, -0.1) is 0 Å². The van der Waals surface area contributed by atoms with Crippen LogP contribution in [0, 0.1) is 0 Å². The van der Waals surface area contributed by atoms with Crippen molar-refractivity contribution in [3.8, 4) is 45.3 Å². The predicted molar refractivity (Wildman–Crippen MR) is 171 cm³/mol. The number of hydrogen-bond donors (Lipinski definition) is 0. The van der Waals surface area contributed by atoms with Gasteiger partial charge in [0, 0.05) is 32.5 Å². The van der Waals surface area contributed by atoms with Crippen molar-refractivity contribution < 1.29 is 4.42 Å². The lowest BCUT2D eigenvalue weighted by molar-refractivity contribution is 0.669. The monoisotopic (exact) mass is 559 g/mol. The third kappa shape index (κ3) is 4.12. The van der Waals surface area contributed by atoms with E-state index < -0.39 is 0 Å². The van der Waals surface area contributed by atoms with Crippen LogP contribution in [0.3, 0.4) is 0 Å². The number of nitrogens with zero attached hydrogens (tertiary/aromatic N) is 3. The topological polar surface area (TPSA) is 51.8 Å². The second-order valence-corrected chi connectivity index (χ2v) is 10.6. The van der Waals surface area contributed by atoms with Crippen molar-refractivity contribution >= 4 is 44.3 Å². The molecular weight excluding hydrogens is 538 g/mol. The van der Waals surface area contributed by atoms with E-state index in [1.165, 1.54) is 0 Å². The third-order valence-corrected chi connectivity index (χ3v) is 7.84. The first kappa shape index (κ1) is 24.5. The summed E-state index contributed by atoms with van der Waals surface area (Å²) in [6, 6.07) is 44.8. The van der Waals surface area contributed by atoms with E-state index in [-0.39, 0.29) is 0 Å². The highest BCUT2D eigenvalue weighted by Gasteiger charge is 2.19. The molecule has 0 saturated carbocycles. The molecule has 2 heterocycles. The van der Waals surface area contributed by atoms with Gasteiger partial charge in [0.05, 0.1) is 0 Å². The molecule has 0 aliphatic rings. The normalized spacial score (nSPS) is 11.5. The molecule has 4 nitrogen and oxygen atoms in total. The summed E-state index contributed by atoms with van der Waals surface area (Å²) in [5, 5.41) is 4.82. The van der Waals surface area contributed by atoms with Gasteiger partial charge in [-0.2, -0.15) is 0 Å². The van der Waals surface area contributed by atoms with E-state index in [4.69, 9.17) is 31.0 Å². The van der Waals surface area contributed by atoms with E-state index in [0.717, 1.165) is 60.5 Å². The van der Waals surface area contributed by atoms with Gasteiger partial charge in [0.2, 0.25) is 0 Å². The maximum absolute atomic E-state index is 6.41. The molecule has 5 heteroatoms. The molecule has 0 aliphatic heterocycles. The van der Waals surface area contributed by atoms with E-state index in [1.807, 2.05) is 66.7 Å². The summed E-state index contributed by atoms with van der Waals surface area (Å²) in [5.74, 6) is 1.72. The van der Waals surface area contributed by atoms with Crippen LogP contribution in [0.1, 0.15) is 0 Å². The highest BCUT2D eigenvalue weighted by Crippen LogP contribution is 2.38. The van der Waals surface area contributed by atoms with Crippen LogP contribution in [0.4, 0.5) is 0 Å². The number of halogens is 1. The number of rotatable bonds is 4. The predicted octanol–water partition coefficient (Wildman–Crippen LogP) is 10.2. The molecule has 0 saturated heterocycles. The van der Waals surface area contributed by atoms with Gasteiger partial charge in [-0.1, -0.05) is 121 Å². The van der Waals surface area contributed by atoms with Crippen molar-refractivity contribution in [2.45, 2.75) is 0 Å². The average Bonchev–Trinajstić information content (AvgIpc) is 3.43. The Balaban J connectivity index is 1.41. The fraction of sp³-hybridized carbons (Fsp3) is 0. The highest BCUT2D eigenvalue weighted by molar-refractivity contribution is 6.30. The summed E-state index contributed by atoms with van der Waals surface area (Å²) in [7, 11) is 0. The van der Waals surface area contributed by atoms with Gasteiger partial charge in [0.15, 0.2) is 17.5 Å². The lowest BCUT2D eigenvalue weighted by Crippen LogP contribution is -2.01. The first-order valence-corrected chi connectivity index (χ1v) is 14.1. The number of para-hydroxylation sites is 1. The third-order valence-electron chi connectivity index (χ3n) is 7.61. The van der Waals surface area contributed by atoms with Crippen molar-refractivity contribution in [1.29, 1.82) is 0 Å². The zero-order valence-corrected chi connectivity index (χ0v) is 23.1. The molecular formula is C37H22ClN3O. The molecule has 0 amide bonds. The largest absolute Gasteiger partial charge is 0.456 e. The Morgan fingerprint density at radius 2 is 1.00 bits per heavy atom. The molecule has 8 aromatic rings. The number of aromatic nitrogens is 3. The Kier molecular flexibility index (Phi) is 5.80.